The van der Waals surface area contributed by atoms with Gasteiger partial charge >= 0.3 is 0 Å². The van der Waals surface area contributed by atoms with Crippen molar-refractivity contribution in [1.29, 1.82) is 0 Å². The smallest absolute Gasteiger partial charge is 0.142 e. The van der Waals surface area contributed by atoms with Crippen molar-refractivity contribution in [2.45, 2.75) is 0 Å². The Kier molecular flexibility index (Phi) is 2.99. The van der Waals surface area contributed by atoms with E-state index in [2.05, 4.69) is 9.97 Å². The highest BCUT2D eigenvalue weighted by molar-refractivity contribution is 5.84. The minimum atomic E-state index is 0.0405. The van der Waals surface area contributed by atoms with E-state index in [1.807, 2.05) is 48.5 Å². The van der Waals surface area contributed by atoms with Gasteiger partial charge in [0.1, 0.15) is 35.5 Å². The molecule has 0 radical (unpaired) electrons. The Morgan fingerprint density at radius 2 is 1.00 bits per heavy atom. The molecule has 6 nitrogen and oxygen atoms in total. The van der Waals surface area contributed by atoms with E-state index in [0.29, 0.717) is 11.4 Å². The summed E-state index contributed by atoms with van der Waals surface area (Å²) in [6.45, 7) is 0. The minimum Gasteiger partial charge on any atom is -0.506 e. The van der Waals surface area contributed by atoms with Gasteiger partial charge in [-0.05, 0) is 36.4 Å². The zero-order valence-corrected chi connectivity index (χ0v) is 13.6. The van der Waals surface area contributed by atoms with E-state index < -0.39 is 0 Å². The Labute approximate surface area is 148 Å². The minimum absolute atomic E-state index is 0.0405. The van der Waals surface area contributed by atoms with Crippen LogP contribution in [-0.4, -0.2) is 29.3 Å². The number of phenolic OH excluding ortho intramolecular Hbond substituents is 2. The Morgan fingerprint density at radius 1 is 0.577 bits per heavy atom. The van der Waals surface area contributed by atoms with Crippen molar-refractivity contribution in [3.63, 3.8) is 0 Å². The lowest BCUT2D eigenvalue weighted by molar-refractivity contribution is 0.456. The van der Waals surface area contributed by atoms with Gasteiger partial charge in [0.05, 0.1) is 22.1 Å². The third-order valence-electron chi connectivity index (χ3n) is 4.50. The van der Waals surface area contributed by atoms with Crippen molar-refractivity contribution in [2.75, 3.05) is 0 Å². The molecule has 2 aromatic heterocycles. The molecule has 0 aliphatic heterocycles. The molecule has 0 spiro atoms. The van der Waals surface area contributed by atoms with Gasteiger partial charge in [0.2, 0.25) is 0 Å². The van der Waals surface area contributed by atoms with Gasteiger partial charge in [0.25, 0.3) is 0 Å². The average Bonchev–Trinajstić information content (AvgIpc) is 3.28. The molecule has 5 aromatic rings. The number of aromatic hydroxyl groups is 2. The van der Waals surface area contributed by atoms with Crippen molar-refractivity contribution in [2.24, 2.45) is 0 Å². The van der Waals surface area contributed by atoms with E-state index in [1.54, 1.807) is 21.8 Å². The highest BCUT2D eigenvalue weighted by atomic mass is 16.3. The monoisotopic (exact) mass is 342 g/mol. The Morgan fingerprint density at radius 3 is 1.46 bits per heavy atom. The normalized spacial score (nSPS) is 11.4. The molecule has 3 aromatic carbocycles. The summed E-state index contributed by atoms with van der Waals surface area (Å²) in [4.78, 5) is 8.79. The van der Waals surface area contributed by atoms with Crippen molar-refractivity contribution in [3.8, 4) is 22.9 Å². The van der Waals surface area contributed by atoms with Gasteiger partial charge < -0.3 is 10.2 Å². The molecule has 0 fully saturated rings. The second-order valence-electron chi connectivity index (χ2n) is 6.01. The van der Waals surface area contributed by atoms with Gasteiger partial charge in [-0.3, -0.25) is 9.13 Å². The molecular weight excluding hydrogens is 328 g/mol. The van der Waals surface area contributed by atoms with E-state index in [-0.39, 0.29) is 11.5 Å². The number of phenols is 2. The number of fused-ring (bicyclic) bond motifs is 2. The van der Waals surface area contributed by atoms with E-state index in [9.17, 15) is 10.2 Å². The molecule has 0 unspecified atom stereocenters. The fourth-order valence-electron chi connectivity index (χ4n) is 3.31. The molecule has 126 valence electrons. The maximum absolute atomic E-state index is 10.6. The molecule has 5 rings (SSSR count). The average molecular weight is 342 g/mol. The zero-order valence-electron chi connectivity index (χ0n) is 13.6. The van der Waals surface area contributed by atoms with Crippen LogP contribution in [0.2, 0.25) is 0 Å². The molecule has 0 atom stereocenters. The van der Waals surface area contributed by atoms with Crippen molar-refractivity contribution in [3.05, 3.63) is 73.3 Å². The lowest BCUT2D eigenvalue weighted by Crippen LogP contribution is -2.02. The van der Waals surface area contributed by atoms with Gasteiger partial charge in [-0.2, -0.15) is 0 Å². The summed E-state index contributed by atoms with van der Waals surface area (Å²) >= 11 is 0. The number of benzene rings is 3. The molecule has 0 saturated carbocycles. The molecule has 0 aliphatic carbocycles. The van der Waals surface area contributed by atoms with E-state index in [0.717, 1.165) is 22.1 Å². The van der Waals surface area contributed by atoms with Gasteiger partial charge in [-0.25, -0.2) is 9.97 Å². The van der Waals surface area contributed by atoms with Crippen LogP contribution in [0.25, 0.3) is 33.4 Å². The van der Waals surface area contributed by atoms with E-state index in [4.69, 9.17) is 0 Å². The van der Waals surface area contributed by atoms with Crippen LogP contribution in [0, 0.1) is 0 Å². The standard InChI is InChI=1S/C20H14N4O2/c25-17-9-10-18(26)20(24-12-22-14-6-2-4-8-16(14)24)19(17)23-11-21-13-5-1-3-7-15(13)23/h1-12,25-26H. The first-order valence-electron chi connectivity index (χ1n) is 8.14. The number of para-hydroxylation sites is 4. The molecule has 0 amide bonds. The maximum atomic E-state index is 10.6. The van der Waals surface area contributed by atoms with Gasteiger partial charge in [-0.15, -0.1) is 0 Å². The fourth-order valence-corrected chi connectivity index (χ4v) is 3.31. The summed E-state index contributed by atoms with van der Waals surface area (Å²) in [6.07, 6.45) is 3.28. The SMILES string of the molecule is Oc1ccc(O)c(-n2cnc3ccccc32)c1-n1cnc2ccccc21. The summed E-state index contributed by atoms with van der Waals surface area (Å²) in [6, 6.07) is 18.2. The Hall–Kier alpha value is -3.80. The molecule has 2 N–H and O–H groups in total. The van der Waals surface area contributed by atoms with Crippen LogP contribution in [0.15, 0.2) is 73.3 Å². The number of hydrogen-bond donors (Lipinski definition) is 2. The number of hydrogen-bond acceptors (Lipinski definition) is 4. The first kappa shape index (κ1) is 14.5. The Bertz CT molecular complexity index is 1170. The fraction of sp³-hybridized carbons (Fsp3) is 0. The van der Waals surface area contributed by atoms with E-state index >= 15 is 0 Å². The summed E-state index contributed by atoms with van der Waals surface area (Å²) in [5.74, 6) is 0.0810. The maximum Gasteiger partial charge on any atom is 0.142 e. The number of rotatable bonds is 2. The lowest BCUT2D eigenvalue weighted by atomic mass is 10.2. The molecule has 0 aliphatic rings. The van der Waals surface area contributed by atoms with Crippen LogP contribution in [0.1, 0.15) is 0 Å². The highest BCUT2D eigenvalue weighted by Crippen LogP contribution is 2.38. The van der Waals surface area contributed by atoms with Crippen LogP contribution in [0.5, 0.6) is 11.5 Å². The van der Waals surface area contributed by atoms with Gasteiger partial charge in [-0.1, -0.05) is 24.3 Å². The third kappa shape index (κ3) is 1.99. The summed E-state index contributed by atoms with van der Waals surface area (Å²) in [5, 5.41) is 21.2. The van der Waals surface area contributed by atoms with Gasteiger partial charge in [0, 0.05) is 0 Å². The largest absolute Gasteiger partial charge is 0.506 e. The second kappa shape index (κ2) is 5.35. The molecule has 6 heteroatoms. The predicted molar refractivity (Wildman–Crippen MR) is 99.0 cm³/mol. The predicted octanol–water partition coefficient (Wildman–Crippen LogP) is 3.78. The molecule has 0 bridgehead atoms. The van der Waals surface area contributed by atoms with Crippen molar-refractivity contribution < 1.29 is 10.2 Å². The van der Waals surface area contributed by atoms with Crippen LogP contribution in [-0.2, 0) is 0 Å². The topological polar surface area (TPSA) is 76.1 Å². The van der Waals surface area contributed by atoms with Crippen molar-refractivity contribution in [1.82, 2.24) is 19.1 Å². The number of aromatic nitrogens is 4. The first-order valence-corrected chi connectivity index (χ1v) is 8.14. The second-order valence-corrected chi connectivity index (χ2v) is 6.01. The third-order valence-corrected chi connectivity index (χ3v) is 4.50. The Balaban J connectivity index is 1.89. The van der Waals surface area contributed by atoms with E-state index in [1.165, 1.54) is 12.1 Å². The van der Waals surface area contributed by atoms with Crippen molar-refractivity contribution >= 4 is 22.1 Å². The highest BCUT2D eigenvalue weighted by Gasteiger charge is 2.20. The molecular formula is C20H14N4O2. The number of nitrogens with zero attached hydrogens (tertiary/aromatic N) is 4. The van der Waals surface area contributed by atoms with Crippen LogP contribution in [0.3, 0.4) is 0 Å². The molecule has 26 heavy (non-hydrogen) atoms. The van der Waals surface area contributed by atoms with Crippen LogP contribution in [0.4, 0.5) is 0 Å². The number of imidazole rings is 2. The summed E-state index contributed by atoms with van der Waals surface area (Å²) in [7, 11) is 0. The van der Waals surface area contributed by atoms with Crippen LogP contribution >= 0.6 is 0 Å². The summed E-state index contributed by atoms with van der Waals surface area (Å²) < 4.78 is 3.54. The quantitative estimate of drug-likeness (QED) is 0.479. The molecule has 2 heterocycles. The zero-order chi connectivity index (χ0) is 17.7. The lowest BCUT2D eigenvalue weighted by Gasteiger charge is -2.16. The molecule has 0 saturated heterocycles. The van der Waals surface area contributed by atoms with Crippen LogP contribution < -0.4 is 0 Å². The first-order chi connectivity index (χ1) is 12.7. The van der Waals surface area contributed by atoms with Gasteiger partial charge in [0.15, 0.2) is 0 Å². The summed E-state index contributed by atoms with van der Waals surface area (Å²) in [5.41, 5.74) is 4.16.